The first-order valence-electron chi connectivity index (χ1n) is 9.66. The summed E-state index contributed by atoms with van der Waals surface area (Å²) in [6, 6.07) is 30.5. The first-order chi connectivity index (χ1) is 14.0. The molecule has 1 atom stereocenters. The summed E-state index contributed by atoms with van der Waals surface area (Å²) in [6.45, 7) is 3.80. The molecule has 4 nitrogen and oxygen atoms in total. The molecule has 0 spiro atoms. The number of para-hydroxylation sites is 1. The first kappa shape index (κ1) is 18.8. The lowest BCUT2D eigenvalue weighted by Gasteiger charge is -2.36. The Kier molecular flexibility index (Phi) is 4.85. The minimum absolute atomic E-state index is 0.272. The molecule has 0 fully saturated rings. The molecule has 2 N–H and O–H groups in total. The number of ether oxygens (including phenoxy) is 1. The normalized spacial score (nSPS) is 12.6. The monoisotopic (exact) mass is 384 g/mol. The third-order valence-corrected chi connectivity index (χ3v) is 5.21. The van der Waals surface area contributed by atoms with Crippen LogP contribution in [0.5, 0.6) is 0 Å². The second kappa shape index (κ2) is 7.47. The average molecular weight is 384 g/mol. The van der Waals surface area contributed by atoms with Crippen molar-refractivity contribution in [2.75, 3.05) is 0 Å². The fourth-order valence-corrected chi connectivity index (χ4v) is 4.10. The maximum atomic E-state index is 11.7. The molecule has 0 aliphatic carbocycles. The molecular weight excluding hydrogens is 360 g/mol. The minimum Gasteiger partial charge on any atom is -0.441 e. The van der Waals surface area contributed by atoms with Gasteiger partial charge in [-0.15, -0.1) is 0 Å². The summed E-state index contributed by atoms with van der Waals surface area (Å²) < 4.78 is 7.89. The van der Waals surface area contributed by atoms with Gasteiger partial charge < -0.3 is 15.0 Å². The standard InChI is InChI=1S/C25H24N2O2/c1-25(2,29-24(26)28)23(19-13-7-4-8-14-19)27-21-16-10-9-15-20(21)17-22(27)18-11-5-3-6-12-18/h3-17,23H,1-2H3,(H2,26,28). The van der Waals surface area contributed by atoms with Gasteiger partial charge in [0.15, 0.2) is 0 Å². The van der Waals surface area contributed by atoms with Crippen LogP contribution in [0.1, 0.15) is 25.5 Å². The van der Waals surface area contributed by atoms with Gasteiger partial charge in [0.05, 0.1) is 6.04 Å². The summed E-state index contributed by atoms with van der Waals surface area (Å²) in [4.78, 5) is 11.7. The van der Waals surface area contributed by atoms with Crippen molar-refractivity contribution < 1.29 is 9.53 Å². The van der Waals surface area contributed by atoms with Crippen molar-refractivity contribution in [2.45, 2.75) is 25.5 Å². The maximum absolute atomic E-state index is 11.7. The summed E-state index contributed by atoms with van der Waals surface area (Å²) in [5, 5.41) is 1.13. The van der Waals surface area contributed by atoms with Crippen molar-refractivity contribution in [1.29, 1.82) is 0 Å². The Morgan fingerprint density at radius 3 is 2.14 bits per heavy atom. The number of aromatic nitrogens is 1. The van der Waals surface area contributed by atoms with Crippen LogP contribution in [0.25, 0.3) is 22.2 Å². The molecule has 4 rings (SSSR count). The van der Waals surface area contributed by atoms with E-state index in [4.69, 9.17) is 10.5 Å². The molecule has 4 heteroatoms. The molecule has 1 unspecified atom stereocenters. The lowest BCUT2D eigenvalue weighted by molar-refractivity contribution is 0.0174. The van der Waals surface area contributed by atoms with Crippen molar-refractivity contribution >= 4 is 17.0 Å². The molecule has 1 aromatic heterocycles. The van der Waals surface area contributed by atoms with Crippen LogP contribution < -0.4 is 5.73 Å². The number of carbonyl (C=O) groups is 1. The predicted molar refractivity (Wildman–Crippen MR) is 117 cm³/mol. The average Bonchev–Trinajstić information content (AvgIpc) is 3.08. The quantitative estimate of drug-likeness (QED) is 0.475. The number of amides is 1. The molecule has 3 aromatic carbocycles. The van der Waals surface area contributed by atoms with Crippen LogP contribution >= 0.6 is 0 Å². The number of nitrogens with two attached hydrogens (primary N) is 1. The fourth-order valence-electron chi connectivity index (χ4n) is 4.10. The van der Waals surface area contributed by atoms with E-state index < -0.39 is 11.7 Å². The van der Waals surface area contributed by atoms with E-state index in [-0.39, 0.29) is 6.04 Å². The largest absolute Gasteiger partial charge is 0.441 e. The fraction of sp³-hybridized carbons (Fsp3) is 0.160. The second-order valence-corrected chi connectivity index (χ2v) is 7.66. The zero-order valence-electron chi connectivity index (χ0n) is 16.6. The molecule has 0 saturated heterocycles. The molecule has 0 aliphatic rings. The smallest absolute Gasteiger partial charge is 0.405 e. The predicted octanol–water partition coefficient (Wildman–Crippen LogP) is 5.77. The third-order valence-electron chi connectivity index (χ3n) is 5.21. The van der Waals surface area contributed by atoms with Crippen LogP contribution in [0, 0.1) is 0 Å². The van der Waals surface area contributed by atoms with E-state index in [1.807, 2.05) is 62.4 Å². The minimum atomic E-state index is -0.876. The van der Waals surface area contributed by atoms with Crippen LogP contribution in [0.3, 0.4) is 0 Å². The lowest BCUT2D eigenvalue weighted by atomic mass is 9.90. The van der Waals surface area contributed by atoms with Crippen molar-refractivity contribution in [1.82, 2.24) is 4.57 Å². The van der Waals surface area contributed by atoms with Crippen molar-refractivity contribution in [3.63, 3.8) is 0 Å². The van der Waals surface area contributed by atoms with Crippen LogP contribution in [0.4, 0.5) is 4.79 Å². The first-order valence-corrected chi connectivity index (χ1v) is 9.66. The number of benzene rings is 3. The van der Waals surface area contributed by atoms with Gasteiger partial charge in [0.2, 0.25) is 0 Å². The summed E-state index contributed by atoms with van der Waals surface area (Å²) in [6.07, 6.45) is -0.784. The Morgan fingerprint density at radius 1 is 0.897 bits per heavy atom. The molecule has 146 valence electrons. The Labute approximate surface area is 170 Å². The molecule has 1 heterocycles. The van der Waals surface area contributed by atoms with E-state index in [1.165, 1.54) is 0 Å². The van der Waals surface area contributed by atoms with Gasteiger partial charge in [0.25, 0.3) is 0 Å². The number of primary amides is 1. The van der Waals surface area contributed by atoms with Gasteiger partial charge in [0, 0.05) is 16.6 Å². The van der Waals surface area contributed by atoms with Crippen molar-refractivity contribution in [3.8, 4) is 11.3 Å². The highest BCUT2D eigenvalue weighted by atomic mass is 16.6. The molecule has 1 amide bonds. The number of nitrogens with zero attached hydrogens (tertiary/aromatic N) is 1. The number of carbonyl (C=O) groups excluding carboxylic acids is 1. The molecule has 0 bridgehead atoms. The highest BCUT2D eigenvalue weighted by Gasteiger charge is 2.37. The van der Waals surface area contributed by atoms with Gasteiger partial charge in [0.1, 0.15) is 5.60 Å². The number of hydrogen-bond donors (Lipinski definition) is 1. The van der Waals surface area contributed by atoms with Crippen molar-refractivity contribution in [3.05, 3.63) is 96.6 Å². The van der Waals surface area contributed by atoms with Crippen LogP contribution in [-0.4, -0.2) is 16.3 Å². The Hall–Kier alpha value is -3.53. The Morgan fingerprint density at radius 2 is 1.48 bits per heavy atom. The van der Waals surface area contributed by atoms with Gasteiger partial charge in [-0.25, -0.2) is 4.79 Å². The third kappa shape index (κ3) is 3.61. The van der Waals surface area contributed by atoms with Crippen LogP contribution in [0.2, 0.25) is 0 Å². The van der Waals surface area contributed by atoms with Gasteiger partial charge in [-0.2, -0.15) is 0 Å². The van der Waals surface area contributed by atoms with Gasteiger partial charge >= 0.3 is 6.09 Å². The lowest BCUT2D eigenvalue weighted by Crippen LogP contribution is -2.40. The van der Waals surface area contributed by atoms with Gasteiger partial charge in [-0.1, -0.05) is 78.9 Å². The van der Waals surface area contributed by atoms with E-state index in [1.54, 1.807) is 0 Å². The number of hydrogen-bond acceptors (Lipinski definition) is 2. The highest BCUT2D eigenvalue weighted by molar-refractivity contribution is 5.87. The zero-order valence-corrected chi connectivity index (χ0v) is 16.6. The molecule has 4 aromatic rings. The summed E-state index contributed by atoms with van der Waals surface area (Å²) in [7, 11) is 0. The second-order valence-electron chi connectivity index (χ2n) is 7.66. The summed E-state index contributed by atoms with van der Waals surface area (Å²) in [5.41, 5.74) is 8.83. The molecule has 0 radical (unpaired) electrons. The number of fused-ring (bicyclic) bond motifs is 1. The Balaban J connectivity index is 2.03. The summed E-state index contributed by atoms with van der Waals surface area (Å²) in [5.74, 6) is 0. The molecule has 0 aliphatic heterocycles. The Bertz CT molecular complexity index is 1130. The summed E-state index contributed by atoms with van der Waals surface area (Å²) >= 11 is 0. The van der Waals surface area contributed by atoms with E-state index >= 15 is 0 Å². The van der Waals surface area contributed by atoms with Gasteiger partial charge in [-0.3, -0.25) is 0 Å². The highest BCUT2D eigenvalue weighted by Crippen LogP contribution is 2.40. The molecule has 29 heavy (non-hydrogen) atoms. The molecular formula is C25H24N2O2. The SMILES string of the molecule is CC(C)(OC(N)=O)C(c1ccccc1)n1c(-c2ccccc2)cc2ccccc21. The number of rotatable bonds is 5. The van der Waals surface area contributed by atoms with Crippen LogP contribution in [-0.2, 0) is 4.74 Å². The molecule has 0 saturated carbocycles. The van der Waals surface area contributed by atoms with E-state index in [2.05, 4.69) is 47.0 Å². The van der Waals surface area contributed by atoms with E-state index in [0.29, 0.717) is 0 Å². The van der Waals surface area contributed by atoms with E-state index in [9.17, 15) is 4.79 Å². The van der Waals surface area contributed by atoms with E-state index in [0.717, 1.165) is 27.7 Å². The van der Waals surface area contributed by atoms with Crippen molar-refractivity contribution in [2.24, 2.45) is 5.73 Å². The topological polar surface area (TPSA) is 57.2 Å². The maximum Gasteiger partial charge on any atom is 0.405 e. The zero-order chi connectivity index (χ0) is 20.4. The van der Waals surface area contributed by atoms with Gasteiger partial charge in [-0.05, 0) is 37.1 Å². The van der Waals surface area contributed by atoms with Crippen LogP contribution in [0.15, 0.2) is 91.0 Å².